The zero-order valence-electron chi connectivity index (χ0n) is 10.4. The largest absolute Gasteiger partial charge is 0.393 e. The Labute approximate surface area is 112 Å². The summed E-state index contributed by atoms with van der Waals surface area (Å²) in [5.41, 5.74) is 0.818. The summed E-state index contributed by atoms with van der Waals surface area (Å²) in [5.74, 6) is -0.152. The molecule has 3 nitrogen and oxygen atoms in total. The molecule has 1 amide bonds. The molecule has 0 aliphatic rings. The first-order valence-electron chi connectivity index (χ1n) is 5.98. The molecule has 0 fully saturated rings. The molecule has 0 radical (unpaired) electrons. The fourth-order valence-corrected chi connectivity index (χ4v) is 1.64. The Morgan fingerprint density at radius 2 is 2.22 bits per heavy atom. The molecular weight excluding hydrogens is 250 g/mol. The quantitative estimate of drug-likeness (QED) is 0.615. The van der Waals surface area contributed by atoms with Gasteiger partial charge in [-0.05, 0) is 37.5 Å². The van der Waals surface area contributed by atoms with E-state index in [-0.39, 0.29) is 12.0 Å². The molecule has 0 aliphatic heterocycles. The molecule has 18 heavy (non-hydrogen) atoms. The van der Waals surface area contributed by atoms with Crippen molar-refractivity contribution in [3.8, 4) is 0 Å². The first-order valence-corrected chi connectivity index (χ1v) is 6.36. The average molecular weight is 268 g/mol. The summed E-state index contributed by atoms with van der Waals surface area (Å²) in [4.78, 5) is 11.5. The minimum absolute atomic E-state index is 0.152. The highest BCUT2D eigenvalue weighted by Crippen LogP contribution is 2.15. The molecule has 0 saturated carbocycles. The maximum absolute atomic E-state index is 11.5. The Balaban J connectivity index is 2.34. The van der Waals surface area contributed by atoms with Crippen LogP contribution in [0.3, 0.4) is 0 Å². The number of carbonyl (C=O) groups is 1. The van der Waals surface area contributed by atoms with Gasteiger partial charge in [-0.1, -0.05) is 29.8 Å². The standard InChI is InChI=1S/C14H18ClNO2/c1-11(17)5-4-10-16-14(18)9-8-12-6-2-3-7-13(12)15/h2-3,6-9,11,17H,4-5,10H2,1H3,(H,16,18)/b9-8+. The lowest BCUT2D eigenvalue weighted by atomic mass is 10.2. The van der Waals surface area contributed by atoms with Crippen molar-refractivity contribution in [2.24, 2.45) is 0 Å². The van der Waals surface area contributed by atoms with Gasteiger partial charge in [0.05, 0.1) is 6.10 Å². The molecule has 1 atom stereocenters. The second kappa shape index (κ2) is 7.90. The lowest BCUT2D eigenvalue weighted by molar-refractivity contribution is -0.116. The smallest absolute Gasteiger partial charge is 0.243 e. The monoisotopic (exact) mass is 267 g/mol. The van der Waals surface area contributed by atoms with E-state index in [9.17, 15) is 4.79 Å². The van der Waals surface area contributed by atoms with Crippen molar-refractivity contribution >= 4 is 23.6 Å². The average Bonchev–Trinajstić information content (AvgIpc) is 2.33. The molecule has 1 unspecified atom stereocenters. The van der Waals surface area contributed by atoms with E-state index in [1.165, 1.54) is 6.08 Å². The molecular formula is C14H18ClNO2. The SMILES string of the molecule is CC(O)CCCNC(=O)/C=C/c1ccccc1Cl. The van der Waals surface area contributed by atoms with Crippen LogP contribution < -0.4 is 5.32 Å². The van der Waals surface area contributed by atoms with Crippen LogP contribution in [0.15, 0.2) is 30.3 Å². The lowest BCUT2D eigenvalue weighted by Gasteiger charge is -2.04. The first kappa shape index (κ1) is 14.7. The van der Waals surface area contributed by atoms with Crippen LogP contribution >= 0.6 is 11.6 Å². The van der Waals surface area contributed by atoms with Gasteiger partial charge in [-0.25, -0.2) is 0 Å². The van der Waals surface area contributed by atoms with Gasteiger partial charge in [0.2, 0.25) is 5.91 Å². The van der Waals surface area contributed by atoms with Crippen molar-refractivity contribution in [1.29, 1.82) is 0 Å². The summed E-state index contributed by atoms with van der Waals surface area (Å²) in [7, 11) is 0. The Hall–Kier alpha value is -1.32. The maximum Gasteiger partial charge on any atom is 0.243 e. The molecule has 2 N–H and O–H groups in total. The van der Waals surface area contributed by atoms with Gasteiger partial charge in [0.25, 0.3) is 0 Å². The predicted octanol–water partition coefficient (Wildman–Crippen LogP) is 2.63. The third-order valence-electron chi connectivity index (χ3n) is 2.42. The van der Waals surface area contributed by atoms with Crippen molar-refractivity contribution in [3.05, 3.63) is 40.9 Å². The number of nitrogens with one attached hydrogen (secondary N) is 1. The molecule has 0 aromatic heterocycles. The minimum Gasteiger partial charge on any atom is -0.393 e. The lowest BCUT2D eigenvalue weighted by Crippen LogP contribution is -2.22. The van der Waals surface area contributed by atoms with Crippen molar-refractivity contribution in [1.82, 2.24) is 5.32 Å². The van der Waals surface area contributed by atoms with Gasteiger partial charge < -0.3 is 10.4 Å². The summed E-state index contributed by atoms with van der Waals surface area (Å²) in [6.07, 6.45) is 4.29. The van der Waals surface area contributed by atoms with Gasteiger partial charge in [-0.15, -0.1) is 0 Å². The van der Waals surface area contributed by atoms with Crippen molar-refractivity contribution in [2.45, 2.75) is 25.9 Å². The van der Waals surface area contributed by atoms with Crippen LogP contribution in [0.25, 0.3) is 6.08 Å². The molecule has 1 rings (SSSR count). The zero-order chi connectivity index (χ0) is 13.4. The van der Waals surface area contributed by atoms with E-state index in [0.29, 0.717) is 18.0 Å². The van der Waals surface area contributed by atoms with Crippen LogP contribution in [0.1, 0.15) is 25.3 Å². The predicted molar refractivity (Wildman–Crippen MR) is 74.4 cm³/mol. The van der Waals surface area contributed by atoms with Gasteiger partial charge in [0.1, 0.15) is 0 Å². The van der Waals surface area contributed by atoms with Crippen LogP contribution in [0.5, 0.6) is 0 Å². The van der Waals surface area contributed by atoms with E-state index >= 15 is 0 Å². The fourth-order valence-electron chi connectivity index (χ4n) is 1.44. The maximum atomic E-state index is 11.5. The highest BCUT2D eigenvalue weighted by Gasteiger charge is 1.98. The third-order valence-corrected chi connectivity index (χ3v) is 2.76. The number of benzene rings is 1. The molecule has 0 bridgehead atoms. The van der Waals surface area contributed by atoms with E-state index in [4.69, 9.17) is 16.7 Å². The number of rotatable bonds is 6. The molecule has 98 valence electrons. The Bertz CT molecular complexity index is 416. The van der Waals surface area contributed by atoms with Gasteiger partial charge >= 0.3 is 0 Å². The zero-order valence-corrected chi connectivity index (χ0v) is 11.2. The number of hydrogen-bond donors (Lipinski definition) is 2. The van der Waals surface area contributed by atoms with Crippen molar-refractivity contribution in [3.63, 3.8) is 0 Å². The summed E-state index contributed by atoms with van der Waals surface area (Å²) >= 11 is 5.96. The summed E-state index contributed by atoms with van der Waals surface area (Å²) in [6.45, 7) is 2.30. The van der Waals surface area contributed by atoms with E-state index in [2.05, 4.69) is 5.32 Å². The highest BCUT2D eigenvalue weighted by molar-refractivity contribution is 6.32. The molecule has 0 spiro atoms. The van der Waals surface area contributed by atoms with Gasteiger partial charge in [-0.2, -0.15) is 0 Å². The third kappa shape index (κ3) is 5.84. The van der Waals surface area contributed by atoms with Crippen LogP contribution in [0, 0.1) is 0 Å². The van der Waals surface area contributed by atoms with E-state index in [1.54, 1.807) is 19.1 Å². The number of halogens is 1. The van der Waals surface area contributed by atoms with E-state index < -0.39 is 0 Å². The van der Waals surface area contributed by atoms with Crippen LogP contribution in [0.4, 0.5) is 0 Å². The number of hydrogen-bond acceptors (Lipinski definition) is 2. The summed E-state index contributed by atoms with van der Waals surface area (Å²) in [5, 5.41) is 12.4. The normalized spacial score (nSPS) is 12.6. The molecule has 0 aliphatic carbocycles. The second-order valence-electron chi connectivity index (χ2n) is 4.14. The van der Waals surface area contributed by atoms with Crippen LogP contribution in [-0.4, -0.2) is 23.7 Å². The Morgan fingerprint density at radius 1 is 1.50 bits per heavy atom. The molecule has 1 aromatic carbocycles. The number of carbonyl (C=O) groups excluding carboxylic acids is 1. The van der Waals surface area contributed by atoms with Crippen LogP contribution in [-0.2, 0) is 4.79 Å². The van der Waals surface area contributed by atoms with E-state index in [0.717, 1.165) is 12.0 Å². The number of aliphatic hydroxyl groups excluding tert-OH is 1. The van der Waals surface area contributed by atoms with Gasteiger partial charge in [0.15, 0.2) is 0 Å². The van der Waals surface area contributed by atoms with Crippen molar-refractivity contribution < 1.29 is 9.90 Å². The molecule has 4 heteroatoms. The topological polar surface area (TPSA) is 49.3 Å². The Kier molecular flexibility index (Phi) is 6.47. The second-order valence-corrected chi connectivity index (χ2v) is 4.54. The van der Waals surface area contributed by atoms with Gasteiger partial charge in [-0.3, -0.25) is 4.79 Å². The number of amides is 1. The minimum atomic E-state index is -0.319. The Morgan fingerprint density at radius 3 is 2.89 bits per heavy atom. The van der Waals surface area contributed by atoms with Crippen molar-refractivity contribution in [2.75, 3.05) is 6.54 Å². The number of aliphatic hydroxyl groups is 1. The molecule has 1 aromatic rings. The molecule has 0 saturated heterocycles. The summed E-state index contributed by atoms with van der Waals surface area (Å²) < 4.78 is 0. The summed E-state index contributed by atoms with van der Waals surface area (Å²) in [6, 6.07) is 7.34. The van der Waals surface area contributed by atoms with E-state index in [1.807, 2.05) is 18.2 Å². The van der Waals surface area contributed by atoms with Crippen LogP contribution in [0.2, 0.25) is 5.02 Å². The highest BCUT2D eigenvalue weighted by atomic mass is 35.5. The first-order chi connectivity index (χ1) is 8.59. The van der Waals surface area contributed by atoms with Gasteiger partial charge in [0, 0.05) is 17.6 Å². The molecule has 0 heterocycles. The fraction of sp³-hybridized carbons (Fsp3) is 0.357.